The number of rotatable bonds is 18. The summed E-state index contributed by atoms with van der Waals surface area (Å²) in [6.45, 7) is 7.14. The van der Waals surface area contributed by atoms with Crippen molar-refractivity contribution in [2.24, 2.45) is 0 Å². The van der Waals surface area contributed by atoms with Gasteiger partial charge >= 0.3 is 18.0 Å². The largest absolute Gasteiger partial charge is 0.493 e. The second-order valence-electron chi connectivity index (χ2n) is 12.8. The third-order valence-electron chi connectivity index (χ3n) is 8.60. The Labute approximate surface area is 316 Å². The Morgan fingerprint density at radius 2 is 1.49 bits per heavy atom. The zero-order chi connectivity index (χ0) is 39.5. The molecule has 0 saturated heterocycles. The maximum Gasteiger partial charge on any atom is 0.429 e. The topological polar surface area (TPSA) is 104 Å². The second-order valence-corrected chi connectivity index (χ2v) is 12.8. The Balaban J connectivity index is 1.31. The number of alkyl halides is 2. The summed E-state index contributed by atoms with van der Waals surface area (Å²) in [5, 5.41) is 8.23. The highest BCUT2D eigenvalue weighted by atomic mass is 19.3. The fourth-order valence-corrected chi connectivity index (χ4v) is 5.88. The molecule has 1 N–H and O–H groups in total. The van der Waals surface area contributed by atoms with Crippen molar-refractivity contribution in [3.63, 3.8) is 0 Å². The van der Waals surface area contributed by atoms with Crippen LogP contribution in [0.4, 0.5) is 17.6 Å². The lowest BCUT2D eigenvalue weighted by Gasteiger charge is -2.22. The van der Waals surface area contributed by atoms with Gasteiger partial charge in [0.05, 0.1) is 12.2 Å². The van der Waals surface area contributed by atoms with Crippen LogP contribution in [0.2, 0.25) is 0 Å². The van der Waals surface area contributed by atoms with Crippen molar-refractivity contribution in [3.8, 4) is 34.1 Å². The van der Waals surface area contributed by atoms with Gasteiger partial charge in [-0.1, -0.05) is 55.8 Å². The van der Waals surface area contributed by atoms with Gasteiger partial charge in [-0.25, -0.2) is 13.6 Å². The Morgan fingerprint density at radius 1 is 0.782 bits per heavy atom. The molecular weight excluding hydrogens is 718 g/mol. The van der Waals surface area contributed by atoms with E-state index in [1.807, 2.05) is 0 Å². The van der Waals surface area contributed by atoms with Crippen LogP contribution in [-0.2, 0) is 15.6 Å². The molecule has 8 nitrogen and oxygen atoms in total. The van der Waals surface area contributed by atoms with E-state index in [4.69, 9.17) is 29.1 Å². The maximum atomic E-state index is 15.7. The number of hydrogen-bond donors (Lipinski definition) is 1. The SMILES string of the molecule is CCCOCCCCCCOc1ccc(C(=O)Oc2c(C=N)cc(OC(F)(F)c3ccc(-c4ccc(OC(C)=O)cc4)c(F)c3F)c3ccccc23)cc1C. The van der Waals surface area contributed by atoms with Crippen LogP contribution >= 0.6 is 0 Å². The summed E-state index contributed by atoms with van der Waals surface area (Å²) in [7, 11) is 0. The number of nitrogens with one attached hydrogen (secondary N) is 1. The predicted octanol–water partition coefficient (Wildman–Crippen LogP) is 10.7. The minimum Gasteiger partial charge on any atom is -0.493 e. The first-order valence-corrected chi connectivity index (χ1v) is 17.9. The number of benzene rings is 5. The summed E-state index contributed by atoms with van der Waals surface area (Å²) in [6.07, 6.45) is 1.36. The number of esters is 2. The molecule has 0 bridgehead atoms. The number of hydrogen-bond acceptors (Lipinski definition) is 8. The molecule has 0 atom stereocenters. The van der Waals surface area contributed by atoms with Crippen LogP contribution in [-0.4, -0.2) is 38.0 Å². The number of fused-ring (bicyclic) bond motifs is 1. The molecule has 12 heteroatoms. The minimum absolute atomic E-state index is 0.0642. The number of carbonyl (C=O) groups excluding carboxylic acids is 2. The van der Waals surface area contributed by atoms with E-state index in [1.54, 1.807) is 31.2 Å². The molecule has 288 valence electrons. The monoisotopic (exact) mass is 759 g/mol. The Hall–Kier alpha value is -5.75. The summed E-state index contributed by atoms with van der Waals surface area (Å²) in [4.78, 5) is 24.6. The summed E-state index contributed by atoms with van der Waals surface area (Å²) < 4.78 is 89.2. The summed E-state index contributed by atoms with van der Waals surface area (Å²) >= 11 is 0. The van der Waals surface area contributed by atoms with Crippen LogP contribution in [0, 0.1) is 24.0 Å². The molecule has 5 aromatic carbocycles. The van der Waals surface area contributed by atoms with Gasteiger partial charge in [0.25, 0.3) is 0 Å². The maximum absolute atomic E-state index is 15.7. The van der Waals surface area contributed by atoms with Gasteiger partial charge in [0, 0.05) is 48.3 Å². The Kier molecular flexibility index (Phi) is 13.6. The van der Waals surface area contributed by atoms with Crippen molar-refractivity contribution in [1.29, 1.82) is 5.41 Å². The smallest absolute Gasteiger partial charge is 0.429 e. The number of aryl methyl sites for hydroxylation is 1. The van der Waals surface area contributed by atoms with E-state index < -0.39 is 41.0 Å². The van der Waals surface area contributed by atoms with Crippen molar-refractivity contribution >= 4 is 28.9 Å². The van der Waals surface area contributed by atoms with E-state index in [1.165, 1.54) is 49.4 Å². The average Bonchev–Trinajstić information content (AvgIpc) is 3.16. The Bertz CT molecular complexity index is 2150. The minimum atomic E-state index is -4.38. The average molecular weight is 760 g/mol. The van der Waals surface area contributed by atoms with Crippen LogP contribution in [0.15, 0.2) is 84.9 Å². The molecule has 0 aliphatic carbocycles. The van der Waals surface area contributed by atoms with Crippen molar-refractivity contribution in [1.82, 2.24) is 0 Å². The normalized spacial score (nSPS) is 11.3. The van der Waals surface area contributed by atoms with Gasteiger partial charge in [-0.3, -0.25) is 4.79 Å². The first kappa shape index (κ1) is 40.4. The molecule has 0 spiro atoms. The van der Waals surface area contributed by atoms with Gasteiger partial charge < -0.3 is 29.1 Å². The molecule has 0 aliphatic rings. The van der Waals surface area contributed by atoms with E-state index in [9.17, 15) is 9.59 Å². The van der Waals surface area contributed by atoms with Gasteiger partial charge in [0.1, 0.15) is 28.6 Å². The van der Waals surface area contributed by atoms with E-state index in [0.717, 1.165) is 63.7 Å². The van der Waals surface area contributed by atoms with Gasteiger partial charge in [0.2, 0.25) is 0 Å². The van der Waals surface area contributed by atoms with Gasteiger partial charge in [-0.2, -0.15) is 8.78 Å². The van der Waals surface area contributed by atoms with Gasteiger partial charge in [-0.15, -0.1) is 0 Å². The van der Waals surface area contributed by atoms with Crippen LogP contribution < -0.4 is 18.9 Å². The summed E-state index contributed by atoms with van der Waals surface area (Å²) in [5.41, 5.74) is -0.687. The third-order valence-corrected chi connectivity index (χ3v) is 8.60. The first-order valence-electron chi connectivity index (χ1n) is 17.9. The molecular formula is C43H41F4NO7. The molecule has 5 rings (SSSR count). The number of ether oxygens (including phenoxy) is 5. The molecule has 0 saturated carbocycles. The zero-order valence-electron chi connectivity index (χ0n) is 30.7. The molecule has 5 aromatic rings. The molecule has 0 aromatic heterocycles. The standard InChI is InChI=1S/C43H41F4NO7/c1-4-21-51-22-9-5-6-10-23-52-37-20-15-30(24-27(37)2)42(50)54-41-31(26-48)25-38(34-11-7-8-12-35(34)41)55-43(46,47)36-19-18-33(39(44)40(36)45)29-13-16-32(17-14-29)53-28(3)49/h7-8,11-20,24-26,48H,4-6,9-10,21-23H2,1-3H3. The highest BCUT2D eigenvalue weighted by molar-refractivity contribution is 6.03. The lowest BCUT2D eigenvalue weighted by molar-refractivity contribution is -0.187. The van der Waals surface area contributed by atoms with E-state index in [2.05, 4.69) is 6.92 Å². The first-order chi connectivity index (χ1) is 26.4. The Morgan fingerprint density at radius 3 is 2.16 bits per heavy atom. The van der Waals surface area contributed by atoms with E-state index in [-0.39, 0.29) is 44.5 Å². The van der Waals surface area contributed by atoms with Crippen LogP contribution in [0.1, 0.15) is 73.0 Å². The van der Waals surface area contributed by atoms with E-state index >= 15 is 17.6 Å². The fourth-order valence-electron chi connectivity index (χ4n) is 5.88. The number of halogens is 4. The lowest BCUT2D eigenvalue weighted by atomic mass is 10.0. The molecule has 0 unspecified atom stereocenters. The van der Waals surface area contributed by atoms with Crippen LogP contribution in [0.3, 0.4) is 0 Å². The molecule has 0 radical (unpaired) electrons. The highest BCUT2D eigenvalue weighted by Gasteiger charge is 2.40. The molecule has 0 amide bonds. The molecule has 0 heterocycles. The molecule has 0 fully saturated rings. The van der Waals surface area contributed by atoms with Gasteiger partial charge in [-0.05, 0) is 86.2 Å². The quantitative estimate of drug-likeness (QED) is 0.0312. The lowest BCUT2D eigenvalue weighted by Crippen LogP contribution is -2.24. The van der Waals surface area contributed by atoms with Crippen molar-refractivity contribution < 1.29 is 50.8 Å². The zero-order valence-corrected chi connectivity index (χ0v) is 30.7. The highest BCUT2D eigenvalue weighted by Crippen LogP contribution is 2.42. The van der Waals surface area contributed by atoms with Crippen molar-refractivity contribution in [3.05, 3.63) is 119 Å². The number of unbranched alkanes of at least 4 members (excludes halogenated alkanes) is 3. The number of carbonyl (C=O) groups is 2. The molecule has 55 heavy (non-hydrogen) atoms. The third kappa shape index (κ3) is 10.1. The fraction of sp³-hybridized carbons (Fsp3) is 0.279. The molecule has 0 aliphatic heterocycles. The predicted molar refractivity (Wildman–Crippen MR) is 201 cm³/mol. The second kappa shape index (κ2) is 18.5. The van der Waals surface area contributed by atoms with Crippen molar-refractivity contribution in [2.45, 2.75) is 59.0 Å². The van der Waals surface area contributed by atoms with Crippen LogP contribution in [0.5, 0.6) is 23.0 Å². The van der Waals surface area contributed by atoms with Crippen LogP contribution in [0.25, 0.3) is 21.9 Å². The van der Waals surface area contributed by atoms with Gasteiger partial charge in [0.15, 0.2) is 11.6 Å². The van der Waals surface area contributed by atoms with Crippen molar-refractivity contribution in [2.75, 3.05) is 19.8 Å². The van der Waals surface area contributed by atoms with E-state index in [0.29, 0.717) is 24.0 Å². The summed E-state index contributed by atoms with van der Waals surface area (Å²) in [5.74, 6) is -4.45. The summed E-state index contributed by atoms with van der Waals surface area (Å²) in [6, 6.07) is 19.1.